The summed E-state index contributed by atoms with van der Waals surface area (Å²) in [5.74, 6) is 1.24. The Morgan fingerprint density at radius 2 is 1.74 bits per heavy atom. The van der Waals surface area contributed by atoms with Gasteiger partial charge in [-0.05, 0) is 30.5 Å². The van der Waals surface area contributed by atoms with Gasteiger partial charge >= 0.3 is 0 Å². The Morgan fingerprint density at radius 3 is 2.17 bits per heavy atom. The summed E-state index contributed by atoms with van der Waals surface area (Å²) in [7, 11) is 1.40. The summed E-state index contributed by atoms with van der Waals surface area (Å²) < 4.78 is 25.3. The minimum atomic E-state index is -3.38. The molecule has 130 valence electrons. The summed E-state index contributed by atoms with van der Waals surface area (Å²) in [6.07, 6.45) is 0. The van der Waals surface area contributed by atoms with Crippen LogP contribution in [0.5, 0.6) is 0 Å². The lowest BCUT2D eigenvalue weighted by Crippen LogP contribution is -2.43. The van der Waals surface area contributed by atoms with E-state index in [9.17, 15) is 8.42 Å². The van der Waals surface area contributed by atoms with Crippen molar-refractivity contribution in [3.63, 3.8) is 0 Å². The smallest absolute Gasteiger partial charge is 0.242 e. The van der Waals surface area contributed by atoms with Crippen molar-refractivity contribution >= 4 is 16.0 Å². The number of nitrogens with zero attached hydrogens (tertiary/aromatic N) is 2. The number of sulfonamides is 1. The third-order valence-corrected chi connectivity index (χ3v) is 5.58. The molecule has 1 aromatic rings. The van der Waals surface area contributed by atoms with E-state index in [2.05, 4.69) is 36.4 Å². The van der Waals surface area contributed by atoms with Crippen molar-refractivity contribution in [3.8, 4) is 0 Å². The summed E-state index contributed by atoms with van der Waals surface area (Å²) in [4.78, 5) is 4.49. The van der Waals surface area contributed by atoms with E-state index >= 15 is 0 Å². The molecular weight excluding hydrogens is 312 g/mol. The number of hydrogen-bond acceptors (Lipinski definition) is 3. The van der Waals surface area contributed by atoms with Crippen LogP contribution >= 0.6 is 0 Å². The van der Waals surface area contributed by atoms with E-state index in [0.717, 1.165) is 11.5 Å². The van der Waals surface area contributed by atoms with Gasteiger partial charge in [0.2, 0.25) is 10.0 Å². The van der Waals surface area contributed by atoms with Gasteiger partial charge in [-0.2, -0.15) is 0 Å². The first-order chi connectivity index (χ1) is 10.7. The van der Waals surface area contributed by atoms with Crippen LogP contribution in [-0.2, 0) is 16.6 Å². The zero-order valence-corrected chi connectivity index (χ0v) is 15.6. The SMILES string of the molecule is CN=C(NCc1ccc(S(=O)(=O)N(C)C)cc1)NC(C)C(C)C. The van der Waals surface area contributed by atoms with Crippen molar-refractivity contribution in [2.75, 3.05) is 21.1 Å². The molecule has 23 heavy (non-hydrogen) atoms. The molecule has 1 atom stereocenters. The second kappa shape index (κ2) is 8.31. The summed E-state index contributed by atoms with van der Waals surface area (Å²) in [5, 5.41) is 6.55. The normalized spacial score (nSPS) is 14.2. The molecule has 0 aliphatic rings. The third kappa shape index (κ3) is 5.51. The topological polar surface area (TPSA) is 73.8 Å². The molecule has 2 N–H and O–H groups in total. The first-order valence-electron chi connectivity index (χ1n) is 7.67. The van der Waals surface area contributed by atoms with Crippen LogP contribution < -0.4 is 10.6 Å². The van der Waals surface area contributed by atoms with Gasteiger partial charge in [-0.3, -0.25) is 4.99 Å². The van der Waals surface area contributed by atoms with Crippen LogP contribution in [0.3, 0.4) is 0 Å². The number of nitrogens with one attached hydrogen (secondary N) is 2. The molecule has 1 unspecified atom stereocenters. The monoisotopic (exact) mass is 340 g/mol. The van der Waals surface area contributed by atoms with E-state index in [1.165, 1.54) is 18.4 Å². The molecule has 6 nitrogen and oxygen atoms in total. The highest BCUT2D eigenvalue weighted by molar-refractivity contribution is 7.89. The predicted octanol–water partition coefficient (Wildman–Crippen LogP) is 1.65. The van der Waals surface area contributed by atoms with Gasteiger partial charge in [0.1, 0.15) is 0 Å². The van der Waals surface area contributed by atoms with Gasteiger partial charge < -0.3 is 10.6 Å². The Morgan fingerprint density at radius 1 is 1.17 bits per heavy atom. The van der Waals surface area contributed by atoms with Crippen molar-refractivity contribution in [2.24, 2.45) is 10.9 Å². The first kappa shape index (κ1) is 19.4. The highest BCUT2D eigenvalue weighted by Crippen LogP contribution is 2.13. The molecule has 0 amide bonds. The number of hydrogen-bond donors (Lipinski definition) is 2. The van der Waals surface area contributed by atoms with Crippen molar-refractivity contribution in [1.29, 1.82) is 0 Å². The van der Waals surface area contributed by atoms with Gasteiger partial charge in [-0.25, -0.2) is 12.7 Å². The Balaban J connectivity index is 2.69. The Bertz CT molecular complexity index is 622. The average molecular weight is 340 g/mol. The Hall–Kier alpha value is -1.60. The maximum atomic E-state index is 12.0. The van der Waals surface area contributed by atoms with E-state index < -0.39 is 10.0 Å². The highest BCUT2D eigenvalue weighted by Gasteiger charge is 2.16. The molecule has 0 aliphatic carbocycles. The largest absolute Gasteiger partial charge is 0.354 e. The lowest BCUT2D eigenvalue weighted by atomic mass is 10.1. The van der Waals surface area contributed by atoms with Crippen LogP contribution in [0, 0.1) is 5.92 Å². The second-order valence-electron chi connectivity index (χ2n) is 6.03. The molecule has 1 rings (SSSR count). The number of rotatable bonds is 6. The van der Waals surface area contributed by atoms with Crippen LogP contribution in [0.25, 0.3) is 0 Å². The van der Waals surface area contributed by atoms with E-state index in [0.29, 0.717) is 23.4 Å². The molecule has 0 spiro atoms. The fraction of sp³-hybridized carbons (Fsp3) is 0.562. The molecule has 7 heteroatoms. The van der Waals surface area contributed by atoms with Gasteiger partial charge in [0.05, 0.1) is 4.90 Å². The lowest BCUT2D eigenvalue weighted by molar-refractivity contribution is 0.481. The number of benzene rings is 1. The van der Waals surface area contributed by atoms with Crippen molar-refractivity contribution in [3.05, 3.63) is 29.8 Å². The first-order valence-corrected chi connectivity index (χ1v) is 9.11. The zero-order chi connectivity index (χ0) is 17.6. The summed E-state index contributed by atoms with van der Waals surface area (Å²) in [6.45, 7) is 6.98. The maximum Gasteiger partial charge on any atom is 0.242 e. The molecule has 0 fully saturated rings. The van der Waals surface area contributed by atoms with Crippen LogP contribution in [0.4, 0.5) is 0 Å². The third-order valence-electron chi connectivity index (χ3n) is 3.75. The standard InChI is InChI=1S/C16H28N4O2S/c1-12(2)13(3)19-16(17-4)18-11-14-7-9-15(10-8-14)23(21,22)20(5)6/h7-10,12-13H,11H2,1-6H3,(H2,17,18,19). The fourth-order valence-electron chi connectivity index (χ4n) is 1.75. The second-order valence-corrected chi connectivity index (χ2v) is 8.19. The van der Waals surface area contributed by atoms with Crippen LogP contribution in [0.1, 0.15) is 26.3 Å². The van der Waals surface area contributed by atoms with Gasteiger partial charge in [0, 0.05) is 33.7 Å². The van der Waals surface area contributed by atoms with Crippen molar-refractivity contribution < 1.29 is 8.42 Å². The summed E-state index contributed by atoms with van der Waals surface area (Å²) >= 11 is 0. The molecule has 1 aromatic carbocycles. The molecule has 0 saturated carbocycles. The fourth-order valence-corrected chi connectivity index (χ4v) is 2.65. The van der Waals surface area contributed by atoms with Gasteiger partial charge in [-0.1, -0.05) is 26.0 Å². The Labute approximate surface area is 140 Å². The molecular formula is C16H28N4O2S. The zero-order valence-electron chi connectivity index (χ0n) is 14.8. The van der Waals surface area contributed by atoms with E-state index in [1.54, 1.807) is 19.2 Å². The van der Waals surface area contributed by atoms with Gasteiger partial charge in [-0.15, -0.1) is 0 Å². The molecule has 0 aliphatic heterocycles. The molecule has 0 aromatic heterocycles. The van der Waals surface area contributed by atoms with Crippen molar-refractivity contribution in [2.45, 2.75) is 38.3 Å². The average Bonchev–Trinajstić information content (AvgIpc) is 2.51. The predicted molar refractivity (Wildman–Crippen MR) is 94.9 cm³/mol. The molecule has 0 bridgehead atoms. The van der Waals surface area contributed by atoms with E-state index in [1.807, 2.05) is 12.1 Å². The van der Waals surface area contributed by atoms with Gasteiger partial charge in [0.15, 0.2) is 5.96 Å². The van der Waals surface area contributed by atoms with Crippen LogP contribution in [-0.4, -0.2) is 45.9 Å². The number of aliphatic imine (C=N–C) groups is 1. The summed E-state index contributed by atoms with van der Waals surface area (Å²) in [6, 6.07) is 7.18. The molecule has 0 saturated heterocycles. The maximum absolute atomic E-state index is 12.0. The number of guanidine groups is 1. The molecule has 0 radical (unpaired) electrons. The van der Waals surface area contributed by atoms with Crippen molar-refractivity contribution in [1.82, 2.24) is 14.9 Å². The van der Waals surface area contributed by atoms with Crippen LogP contribution in [0.2, 0.25) is 0 Å². The van der Waals surface area contributed by atoms with E-state index in [-0.39, 0.29) is 0 Å². The van der Waals surface area contributed by atoms with Gasteiger partial charge in [0.25, 0.3) is 0 Å². The minimum Gasteiger partial charge on any atom is -0.354 e. The lowest BCUT2D eigenvalue weighted by Gasteiger charge is -2.20. The quantitative estimate of drug-likeness (QED) is 0.610. The van der Waals surface area contributed by atoms with Crippen LogP contribution in [0.15, 0.2) is 34.2 Å². The summed E-state index contributed by atoms with van der Waals surface area (Å²) in [5.41, 5.74) is 0.989. The Kier molecular flexibility index (Phi) is 7.02. The van der Waals surface area contributed by atoms with E-state index in [4.69, 9.17) is 0 Å². The highest BCUT2D eigenvalue weighted by atomic mass is 32.2. The molecule has 0 heterocycles. The minimum absolute atomic E-state index is 0.294.